The van der Waals surface area contributed by atoms with Crippen LogP contribution in [0.4, 0.5) is 0 Å². The Morgan fingerprint density at radius 3 is 2.39 bits per heavy atom. The van der Waals surface area contributed by atoms with E-state index in [4.69, 9.17) is 9.47 Å². The maximum Gasteiger partial charge on any atom is 0.137 e. The Hall–Kier alpha value is -0.360. The molecule has 9 unspecified atom stereocenters. The normalized spacial score (nSPS) is 33.1. The van der Waals surface area contributed by atoms with E-state index in [2.05, 4.69) is 79.7 Å². The van der Waals surface area contributed by atoms with Gasteiger partial charge in [-0.15, -0.1) is 0 Å². The van der Waals surface area contributed by atoms with Gasteiger partial charge in [-0.25, -0.2) is 0 Å². The van der Waals surface area contributed by atoms with E-state index in [0.717, 1.165) is 58.3 Å². The number of rotatable bonds is 21. The van der Waals surface area contributed by atoms with Crippen molar-refractivity contribution in [1.82, 2.24) is 31.1 Å². The average Bonchev–Trinajstić information content (AvgIpc) is 2.98. The van der Waals surface area contributed by atoms with Gasteiger partial charge in [0.1, 0.15) is 18.1 Å². The standard InChI is InChI=1S/C35H72N6O3/c1-9-13-17-28(16-11-3)23-41-32(36-7)20-27(6)38-34(41)39-29-21-35(33(43-8)37-22-29,31(12-4)26(5)15-10-2)44-25-30(42)24-40-18-14-19-40/h26-34,36-39,42H,9-25H2,1-8H3/t26?,27?,28?,29?,30-,31?,32?,33?,34?,35?/m1/s1. The van der Waals surface area contributed by atoms with E-state index < -0.39 is 11.7 Å². The molecule has 0 aliphatic carbocycles. The van der Waals surface area contributed by atoms with Crippen molar-refractivity contribution < 1.29 is 14.6 Å². The minimum atomic E-state index is -0.538. The molecule has 0 aromatic rings. The predicted octanol–water partition coefficient (Wildman–Crippen LogP) is 4.31. The lowest BCUT2D eigenvalue weighted by Crippen LogP contribution is -2.73. The first-order chi connectivity index (χ1) is 21.2. The zero-order valence-corrected chi connectivity index (χ0v) is 29.9. The fraction of sp³-hybridized carbons (Fsp3) is 1.00. The number of aliphatic hydroxyl groups excluding tert-OH is 1. The Morgan fingerprint density at radius 2 is 1.80 bits per heavy atom. The zero-order valence-electron chi connectivity index (χ0n) is 29.9. The van der Waals surface area contributed by atoms with Gasteiger partial charge in [-0.05, 0) is 76.9 Å². The highest BCUT2D eigenvalue weighted by Gasteiger charge is 2.52. The fourth-order valence-electron chi connectivity index (χ4n) is 8.52. The molecule has 9 heteroatoms. The number of hydrogen-bond donors (Lipinski definition) is 5. The molecular formula is C35H72N6O3. The van der Waals surface area contributed by atoms with Gasteiger partial charge in [-0.2, -0.15) is 0 Å². The number of nitrogens with zero attached hydrogens (tertiary/aromatic N) is 2. The molecule has 5 N–H and O–H groups in total. The Morgan fingerprint density at radius 1 is 1.05 bits per heavy atom. The van der Waals surface area contributed by atoms with Crippen molar-refractivity contribution in [3.63, 3.8) is 0 Å². The highest BCUT2D eigenvalue weighted by atomic mass is 16.6. The lowest BCUT2D eigenvalue weighted by atomic mass is 9.70. The second-order valence-electron chi connectivity index (χ2n) is 14.5. The lowest BCUT2D eigenvalue weighted by Gasteiger charge is -2.54. The minimum absolute atomic E-state index is 0.0749. The molecule has 9 nitrogen and oxygen atoms in total. The summed E-state index contributed by atoms with van der Waals surface area (Å²) < 4.78 is 13.2. The summed E-state index contributed by atoms with van der Waals surface area (Å²) >= 11 is 0. The van der Waals surface area contributed by atoms with Gasteiger partial charge in [0.05, 0.1) is 18.9 Å². The van der Waals surface area contributed by atoms with Crippen LogP contribution in [-0.2, 0) is 9.47 Å². The maximum atomic E-state index is 11.1. The third-order valence-corrected chi connectivity index (χ3v) is 10.9. The summed E-state index contributed by atoms with van der Waals surface area (Å²) in [6, 6.07) is 0.607. The van der Waals surface area contributed by atoms with Crippen LogP contribution in [0.15, 0.2) is 0 Å². The number of ether oxygens (including phenoxy) is 2. The molecule has 3 rings (SSSR count). The number of β-amino-alcohol motifs (C(OH)–C–C–N with tert-alkyl or cyclic N) is 1. The number of hydrogen-bond acceptors (Lipinski definition) is 9. The van der Waals surface area contributed by atoms with E-state index in [1.54, 1.807) is 0 Å². The Labute approximate surface area is 271 Å². The number of unbranched alkanes of at least 4 members (excludes halogenated alkanes) is 1. The smallest absolute Gasteiger partial charge is 0.137 e. The number of likely N-dealkylation sites (tertiary alicyclic amines) is 1. The molecule has 3 aliphatic rings. The molecule has 0 amide bonds. The summed E-state index contributed by atoms with van der Waals surface area (Å²) in [4.78, 5) is 4.98. The molecular weight excluding hydrogens is 552 g/mol. The van der Waals surface area contributed by atoms with Gasteiger partial charge in [0.15, 0.2) is 0 Å². The molecule has 3 heterocycles. The summed E-state index contributed by atoms with van der Waals surface area (Å²) in [5.74, 6) is 1.50. The van der Waals surface area contributed by atoms with E-state index in [0.29, 0.717) is 43.1 Å². The van der Waals surface area contributed by atoms with Crippen LogP contribution < -0.4 is 21.3 Å². The summed E-state index contributed by atoms with van der Waals surface area (Å²) in [5.41, 5.74) is -0.538. The van der Waals surface area contributed by atoms with Crippen molar-refractivity contribution >= 4 is 0 Å². The Kier molecular flexibility index (Phi) is 16.8. The summed E-state index contributed by atoms with van der Waals surface area (Å²) in [6.07, 6.45) is 12.5. The summed E-state index contributed by atoms with van der Waals surface area (Å²) in [6.45, 7) is 19.0. The predicted molar refractivity (Wildman–Crippen MR) is 182 cm³/mol. The molecule has 10 atom stereocenters. The molecule has 0 aromatic heterocycles. The van der Waals surface area contributed by atoms with Gasteiger partial charge in [0, 0.05) is 38.8 Å². The SMILES string of the molecule is CCCCC(CCC)CN1C(NC)CC(C)NC1NC1CNC(OC)C(OC[C@H](O)CN2CCC2)(C(CC)C(C)CCC)C1. The van der Waals surface area contributed by atoms with Crippen LogP contribution >= 0.6 is 0 Å². The van der Waals surface area contributed by atoms with Crippen LogP contribution in [0.25, 0.3) is 0 Å². The number of nitrogens with one attached hydrogen (secondary N) is 4. The first-order valence-corrected chi connectivity index (χ1v) is 18.5. The molecule has 0 spiro atoms. The second kappa shape index (κ2) is 19.5. The zero-order chi connectivity index (χ0) is 32.1. The van der Waals surface area contributed by atoms with Crippen LogP contribution in [0.1, 0.15) is 112 Å². The van der Waals surface area contributed by atoms with E-state index in [1.165, 1.54) is 38.5 Å². The van der Waals surface area contributed by atoms with Gasteiger partial charge in [-0.1, -0.05) is 73.1 Å². The van der Waals surface area contributed by atoms with E-state index >= 15 is 0 Å². The highest BCUT2D eigenvalue weighted by Crippen LogP contribution is 2.42. The van der Waals surface area contributed by atoms with Crippen molar-refractivity contribution in [2.45, 2.75) is 155 Å². The third-order valence-electron chi connectivity index (χ3n) is 10.9. The second-order valence-corrected chi connectivity index (χ2v) is 14.5. The lowest BCUT2D eigenvalue weighted by molar-refractivity contribution is -0.218. The van der Waals surface area contributed by atoms with Crippen molar-refractivity contribution in [3.8, 4) is 0 Å². The molecule has 3 fully saturated rings. The quantitative estimate of drug-likeness (QED) is 0.128. The van der Waals surface area contributed by atoms with Crippen LogP contribution in [0.2, 0.25) is 0 Å². The number of methoxy groups -OCH3 is 1. The first-order valence-electron chi connectivity index (χ1n) is 18.5. The van der Waals surface area contributed by atoms with Crippen molar-refractivity contribution in [2.24, 2.45) is 17.8 Å². The highest BCUT2D eigenvalue weighted by molar-refractivity contribution is 5.04. The third kappa shape index (κ3) is 10.3. The molecule has 0 bridgehead atoms. The van der Waals surface area contributed by atoms with Crippen molar-refractivity contribution in [3.05, 3.63) is 0 Å². The molecule has 0 saturated carbocycles. The fourth-order valence-corrected chi connectivity index (χ4v) is 8.52. The molecule has 0 radical (unpaired) electrons. The van der Waals surface area contributed by atoms with Gasteiger partial charge >= 0.3 is 0 Å². The molecule has 44 heavy (non-hydrogen) atoms. The molecule has 0 aromatic carbocycles. The summed E-state index contributed by atoms with van der Waals surface area (Å²) in [5, 5.41) is 26.5. The van der Waals surface area contributed by atoms with E-state index in [1.807, 2.05) is 7.11 Å². The van der Waals surface area contributed by atoms with Crippen LogP contribution in [0.5, 0.6) is 0 Å². The van der Waals surface area contributed by atoms with Gasteiger partial charge in [-0.3, -0.25) is 20.9 Å². The average molecular weight is 625 g/mol. The maximum absolute atomic E-state index is 11.1. The van der Waals surface area contributed by atoms with Crippen molar-refractivity contribution in [1.29, 1.82) is 0 Å². The Balaban J connectivity index is 1.86. The summed E-state index contributed by atoms with van der Waals surface area (Å²) in [7, 11) is 3.93. The van der Waals surface area contributed by atoms with Crippen LogP contribution in [0.3, 0.4) is 0 Å². The first kappa shape index (κ1) is 38.1. The van der Waals surface area contributed by atoms with Crippen LogP contribution in [-0.4, -0.2) is 111 Å². The number of aliphatic hydroxyl groups is 1. The monoisotopic (exact) mass is 625 g/mol. The van der Waals surface area contributed by atoms with Gasteiger partial charge in [0.2, 0.25) is 0 Å². The minimum Gasteiger partial charge on any atom is -0.389 e. The van der Waals surface area contributed by atoms with Crippen LogP contribution in [0, 0.1) is 17.8 Å². The van der Waals surface area contributed by atoms with E-state index in [9.17, 15) is 5.11 Å². The number of piperidine rings is 1. The van der Waals surface area contributed by atoms with Crippen molar-refractivity contribution in [2.75, 3.05) is 53.5 Å². The molecule has 3 aliphatic heterocycles. The Bertz CT molecular complexity index is 775. The molecule has 3 saturated heterocycles. The molecule has 260 valence electrons. The largest absolute Gasteiger partial charge is 0.389 e. The van der Waals surface area contributed by atoms with Gasteiger partial charge < -0.3 is 24.8 Å². The topological polar surface area (TPSA) is 93.3 Å². The van der Waals surface area contributed by atoms with Gasteiger partial charge in [0.25, 0.3) is 0 Å². The van der Waals surface area contributed by atoms with E-state index in [-0.39, 0.29) is 18.6 Å².